The smallest absolute Gasteiger partial charge is 0.273 e. The predicted octanol–water partition coefficient (Wildman–Crippen LogP) is 9.14. The third-order valence-electron chi connectivity index (χ3n) is 13.5. The molecule has 5 aromatic heterocycles. The van der Waals surface area contributed by atoms with Crippen molar-refractivity contribution in [3.63, 3.8) is 0 Å². The summed E-state index contributed by atoms with van der Waals surface area (Å²) in [5, 5.41) is 5.88. The summed E-state index contributed by atoms with van der Waals surface area (Å²) in [6, 6.07) is 36.3. The Bertz CT molecular complexity index is 3270. The molecule has 12 rings (SSSR count). The lowest BCUT2D eigenvalue weighted by Crippen LogP contribution is -2.46. The molecule has 9 aromatic rings. The van der Waals surface area contributed by atoms with Crippen LogP contribution >= 0.6 is 0 Å². The number of rotatable bonds is 12. The highest BCUT2D eigenvalue weighted by Gasteiger charge is 2.23. The van der Waals surface area contributed by atoms with Gasteiger partial charge in [-0.3, -0.25) is 29.5 Å². The van der Waals surface area contributed by atoms with Crippen LogP contribution in [-0.4, -0.2) is 104 Å². The third kappa shape index (κ3) is 11.0. The number of piperazine rings is 2. The molecule has 0 atom stereocenters. The largest absolute Gasteiger partial charge is 0.368 e. The lowest BCUT2D eigenvalue weighted by Gasteiger charge is -2.36. The number of H-pyrrole nitrogens is 1. The topological polar surface area (TPSA) is 177 Å². The first-order valence-corrected chi connectivity index (χ1v) is 24.6. The predicted molar refractivity (Wildman–Crippen MR) is 284 cm³/mol. The Hall–Kier alpha value is -8.79. The molecule has 0 bridgehead atoms. The van der Waals surface area contributed by atoms with Gasteiger partial charge in [-0.25, -0.2) is 15.0 Å². The average Bonchev–Trinajstić information content (AvgIpc) is 4.12. The van der Waals surface area contributed by atoms with Crippen molar-refractivity contribution >= 4 is 68.3 Å². The summed E-state index contributed by atoms with van der Waals surface area (Å²) in [5.74, 6) is 2.45. The number of benzene rings is 4. The third-order valence-corrected chi connectivity index (χ3v) is 13.5. The fraction of sp³-hybridized carbons (Fsp3) is 0.232. The van der Waals surface area contributed by atoms with Gasteiger partial charge in [-0.1, -0.05) is 49.2 Å². The molecular formula is C56H54N14O2. The fourth-order valence-electron chi connectivity index (χ4n) is 9.20. The maximum atomic E-state index is 12.2. The van der Waals surface area contributed by atoms with Crippen molar-refractivity contribution in [2.45, 2.75) is 25.7 Å². The van der Waals surface area contributed by atoms with Gasteiger partial charge >= 0.3 is 0 Å². The standard InChI is InChI=1S/C29H30N6O.C27H24N8O/c36-29(10-3-21-1-2-21)32-24-7-4-22(5-8-24)23-6-9-26-27(19-23)33-28(20-31-26)35-17-15-34(16-18-35)25-11-13-30-14-12-25;36-27(25-16-29-18-31-25)32-21-4-1-19(2-5-21)20-3-6-23-24(15-20)33-26(17-30-23)35-13-11-34(12-14-35)22-7-9-28-10-8-22/h4-9,11-14,19-21H,1-3,10,15-18H2,(H,32,36);1-10,15-18H,11-14H2,(H,29,31)(H,32,36). The van der Waals surface area contributed by atoms with Gasteiger partial charge in [0.15, 0.2) is 0 Å². The Labute approximate surface area is 417 Å². The number of anilines is 6. The van der Waals surface area contributed by atoms with E-state index >= 15 is 0 Å². The van der Waals surface area contributed by atoms with E-state index in [9.17, 15) is 9.59 Å². The molecule has 1 saturated carbocycles. The van der Waals surface area contributed by atoms with Gasteiger partial charge in [-0.2, -0.15) is 0 Å². The highest BCUT2D eigenvalue weighted by molar-refractivity contribution is 6.02. The molecule has 0 unspecified atom stereocenters. The monoisotopic (exact) mass is 954 g/mol. The molecule has 2 amide bonds. The van der Waals surface area contributed by atoms with Gasteiger partial charge in [0.2, 0.25) is 5.91 Å². The second-order valence-corrected chi connectivity index (χ2v) is 18.3. The minimum absolute atomic E-state index is 0.102. The molecule has 2 saturated heterocycles. The number of carbonyl (C=O) groups is 2. The van der Waals surface area contributed by atoms with Crippen LogP contribution in [0.4, 0.5) is 34.4 Å². The zero-order chi connectivity index (χ0) is 48.6. The van der Waals surface area contributed by atoms with Crippen molar-refractivity contribution in [3.05, 3.63) is 165 Å². The molecule has 16 heteroatoms. The number of aromatic amines is 1. The van der Waals surface area contributed by atoms with Crippen LogP contribution in [0.2, 0.25) is 0 Å². The van der Waals surface area contributed by atoms with Gasteiger partial charge in [-0.05, 0) is 107 Å². The summed E-state index contributed by atoms with van der Waals surface area (Å²) in [7, 11) is 0. The Morgan fingerprint density at radius 1 is 0.500 bits per heavy atom. The van der Waals surface area contributed by atoms with Crippen LogP contribution in [-0.2, 0) is 4.79 Å². The number of hydrogen-bond acceptors (Lipinski definition) is 13. The van der Waals surface area contributed by atoms with Crippen molar-refractivity contribution in [2.75, 3.05) is 82.6 Å². The van der Waals surface area contributed by atoms with Gasteiger partial charge in [0.05, 0.1) is 47.0 Å². The van der Waals surface area contributed by atoms with E-state index in [0.29, 0.717) is 17.8 Å². The average molecular weight is 955 g/mol. The molecule has 0 radical (unpaired) electrons. The maximum absolute atomic E-state index is 12.2. The molecule has 16 nitrogen and oxygen atoms in total. The molecule has 4 aromatic carbocycles. The highest BCUT2D eigenvalue weighted by atomic mass is 16.2. The van der Waals surface area contributed by atoms with E-state index in [2.05, 4.69) is 90.5 Å². The number of carbonyl (C=O) groups excluding carboxylic acids is 2. The Morgan fingerprint density at radius 3 is 1.42 bits per heavy atom. The van der Waals surface area contributed by atoms with Crippen molar-refractivity contribution in [1.82, 2.24) is 39.9 Å². The number of amides is 2. The SMILES string of the molecule is O=C(CCC1CC1)Nc1ccc(-c2ccc3ncc(N4CCN(c5ccncc5)CC4)nc3c2)cc1.O=C(Nc1ccc(-c2ccc3ncc(N4CCN(c5ccncc5)CC4)nc3c2)cc1)c1cnc[nH]1. The number of nitrogens with zero attached hydrogens (tertiary/aromatic N) is 11. The van der Waals surface area contributed by atoms with E-state index in [1.54, 1.807) is 0 Å². The number of aromatic nitrogens is 8. The first kappa shape index (κ1) is 45.6. The van der Waals surface area contributed by atoms with Crippen molar-refractivity contribution in [1.29, 1.82) is 0 Å². The van der Waals surface area contributed by atoms with Crippen LogP contribution in [0.5, 0.6) is 0 Å². The van der Waals surface area contributed by atoms with E-state index in [-0.39, 0.29) is 11.8 Å². The van der Waals surface area contributed by atoms with Crippen molar-refractivity contribution in [2.24, 2.45) is 5.92 Å². The number of fused-ring (bicyclic) bond motifs is 2. The van der Waals surface area contributed by atoms with Gasteiger partial charge in [0, 0.05) is 106 Å². The number of pyridine rings is 2. The quantitative estimate of drug-likeness (QED) is 0.106. The van der Waals surface area contributed by atoms with Crippen molar-refractivity contribution < 1.29 is 9.59 Å². The Balaban J connectivity index is 0.000000156. The number of nitrogens with one attached hydrogen (secondary N) is 3. The first-order chi connectivity index (χ1) is 35.4. The number of imidazole rings is 1. The highest BCUT2D eigenvalue weighted by Crippen LogP contribution is 2.34. The Morgan fingerprint density at radius 2 is 0.958 bits per heavy atom. The molecule has 7 heterocycles. The lowest BCUT2D eigenvalue weighted by molar-refractivity contribution is -0.116. The summed E-state index contributed by atoms with van der Waals surface area (Å²) in [4.78, 5) is 67.9. The summed E-state index contributed by atoms with van der Waals surface area (Å²) in [6.45, 7) is 7.29. The molecule has 1 aliphatic carbocycles. The molecule has 3 aliphatic rings. The first-order valence-electron chi connectivity index (χ1n) is 24.6. The molecular weight excluding hydrogens is 901 g/mol. The molecule has 3 fully saturated rings. The molecule has 360 valence electrons. The van der Waals surface area contributed by atoms with Crippen LogP contribution in [0.3, 0.4) is 0 Å². The second-order valence-electron chi connectivity index (χ2n) is 18.3. The summed E-state index contributed by atoms with van der Waals surface area (Å²) in [5.41, 5.74) is 12.1. The summed E-state index contributed by atoms with van der Waals surface area (Å²) >= 11 is 0. The van der Waals surface area contributed by atoms with Crippen LogP contribution in [0, 0.1) is 5.92 Å². The second kappa shape index (κ2) is 21.1. The van der Waals surface area contributed by atoms with E-state index in [0.717, 1.165) is 126 Å². The minimum atomic E-state index is -0.227. The summed E-state index contributed by atoms with van der Waals surface area (Å²) < 4.78 is 0. The van der Waals surface area contributed by atoms with Crippen LogP contribution < -0.4 is 30.2 Å². The zero-order valence-electron chi connectivity index (χ0n) is 39.8. The van der Waals surface area contributed by atoms with Gasteiger partial charge < -0.3 is 35.2 Å². The Kier molecular flexibility index (Phi) is 13.3. The van der Waals surface area contributed by atoms with Gasteiger partial charge in [0.25, 0.3) is 5.91 Å². The van der Waals surface area contributed by atoms with Crippen LogP contribution in [0.1, 0.15) is 36.2 Å². The molecule has 2 aliphatic heterocycles. The molecule has 3 N–H and O–H groups in total. The minimum Gasteiger partial charge on any atom is -0.368 e. The van der Waals surface area contributed by atoms with E-state index in [1.165, 1.54) is 36.7 Å². The van der Waals surface area contributed by atoms with Crippen LogP contribution in [0.25, 0.3) is 44.3 Å². The van der Waals surface area contributed by atoms with E-state index in [1.807, 2.05) is 116 Å². The zero-order valence-corrected chi connectivity index (χ0v) is 39.8. The van der Waals surface area contributed by atoms with Crippen molar-refractivity contribution in [3.8, 4) is 22.3 Å². The van der Waals surface area contributed by atoms with E-state index < -0.39 is 0 Å². The maximum Gasteiger partial charge on any atom is 0.273 e. The summed E-state index contributed by atoms with van der Waals surface area (Å²) in [6.07, 6.45) is 18.2. The fourth-order valence-corrected chi connectivity index (χ4v) is 9.20. The normalized spacial score (nSPS) is 14.7. The molecule has 0 spiro atoms. The number of hydrogen-bond donors (Lipinski definition) is 3. The van der Waals surface area contributed by atoms with Gasteiger partial charge in [-0.15, -0.1) is 0 Å². The van der Waals surface area contributed by atoms with E-state index in [4.69, 9.17) is 9.97 Å². The van der Waals surface area contributed by atoms with Gasteiger partial charge in [0.1, 0.15) is 17.3 Å². The molecule has 72 heavy (non-hydrogen) atoms. The van der Waals surface area contributed by atoms with Crippen LogP contribution in [0.15, 0.2) is 159 Å². The lowest BCUT2D eigenvalue weighted by atomic mass is 10.0.